The summed E-state index contributed by atoms with van der Waals surface area (Å²) in [6.07, 6.45) is 3.08. The lowest BCUT2D eigenvalue weighted by Gasteiger charge is -2.09. The third-order valence-electron chi connectivity index (χ3n) is 3.35. The predicted molar refractivity (Wildman–Crippen MR) is 77.5 cm³/mol. The maximum atomic E-state index is 10.3. The summed E-state index contributed by atoms with van der Waals surface area (Å²) >= 11 is 1.56. The van der Waals surface area contributed by atoms with Crippen molar-refractivity contribution in [2.75, 3.05) is 0 Å². The Morgan fingerprint density at radius 1 is 1.42 bits per heavy atom. The van der Waals surface area contributed by atoms with Gasteiger partial charge in [0.2, 0.25) is 0 Å². The molecule has 0 saturated carbocycles. The predicted octanol–water partition coefficient (Wildman–Crippen LogP) is 3.20. The fraction of sp³-hybridized carbons (Fsp3) is 0.571. The Balaban J connectivity index is 2.08. The lowest BCUT2D eigenvalue weighted by atomic mass is 10.1. The molecule has 2 rings (SSSR count). The van der Waals surface area contributed by atoms with Gasteiger partial charge in [-0.15, -0.1) is 11.3 Å². The average molecular weight is 279 g/mol. The topological polar surface area (TPSA) is 50.9 Å². The largest absolute Gasteiger partial charge is 0.387 e. The van der Waals surface area contributed by atoms with Crippen molar-refractivity contribution in [2.45, 2.75) is 52.7 Å². The first-order chi connectivity index (χ1) is 9.01. The van der Waals surface area contributed by atoms with Crippen LogP contribution in [0.1, 0.15) is 53.7 Å². The molecule has 104 valence electrons. The molecule has 19 heavy (non-hydrogen) atoms. The summed E-state index contributed by atoms with van der Waals surface area (Å²) in [6.45, 7) is 8.19. The summed E-state index contributed by atoms with van der Waals surface area (Å²) in [5, 5.41) is 15.8. The highest BCUT2D eigenvalue weighted by molar-refractivity contribution is 7.11. The highest BCUT2D eigenvalue weighted by atomic mass is 32.1. The Hall–Kier alpha value is -1.20. The lowest BCUT2D eigenvalue weighted by molar-refractivity contribution is 0.179. The van der Waals surface area contributed by atoms with Gasteiger partial charge in [0, 0.05) is 18.7 Å². The molecule has 0 radical (unpaired) electrons. The molecule has 0 bridgehead atoms. The fourth-order valence-electron chi connectivity index (χ4n) is 2.07. The number of aliphatic hydroxyl groups excluding tert-OH is 1. The second kappa shape index (κ2) is 5.84. The Bertz CT molecular complexity index is 547. The molecule has 0 amide bonds. The van der Waals surface area contributed by atoms with Crippen LogP contribution in [0.15, 0.2) is 12.3 Å². The quantitative estimate of drug-likeness (QED) is 0.914. The van der Waals surface area contributed by atoms with E-state index in [2.05, 4.69) is 23.9 Å². The smallest absolute Gasteiger partial charge is 0.0956 e. The van der Waals surface area contributed by atoms with Crippen molar-refractivity contribution in [1.82, 2.24) is 14.8 Å². The van der Waals surface area contributed by atoms with Crippen molar-refractivity contribution in [1.29, 1.82) is 0 Å². The second-order valence-electron chi connectivity index (χ2n) is 4.95. The summed E-state index contributed by atoms with van der Waals surface area (Å²) in [6, 6.07) is 2.39. The van der Waals surface area contributed by atoms with Crippen molar-refractivity contribution < 1.29 is 5.11 Å². The summed E-state index contributed by atoms with van der Waals surface area (Å²) < 4.78 is 1.97. The molecule has 0 aromatic carbocycles. The molecule has 0 spiro atoms. The average Bonchev–Trinajstić information content (AvgIpc) is 2.95. The van der Waals surface area contributed by atoms with E-state index in [1.165, 1.54) is 0 Å². The van der Waals surface area contributed by atoms with Crippen LogP contribution in [0, 0.1) is 13.8 Å². The number of rotatable bonds is 5. The third kappa shape index (κ3) is 3.22. The molecular formula is C14H21N3OS. The van der Waals surface area contributed by atoms with E-state index >= 15 is 0 Å². The van der Waals surface area contributed by atoms with E-state index in [-0.39, 0.29) is 0 Å². The molecule has 0 saturated heterocycles. The van der Waals surface area contributed by atoms with E-state index < -0.39 is 6.10 Å². The lowest BCUT2D eigenvalue weighted by Crippen LogP contribution is -2.07. The molecule has 0 aliphatic carbocycles. The standard InChI is InChI=1S/C14H21N3OS/c1-5-9(2)17-7-6-12(16-17)8-13(18)14-10(3)15-11(4)19-14/h6-7,9,13,18H,5,8H2,1-4H3. The van der Waals surface area contributed by atoms with Gasteiger partial charge in [-0.1, -0.05) is 6.92 Å². The van der Waals surface area contributed by atoms with Gasteiger partial charge in [0.05, 0.1) is 27.4 Å². The van der Waals surface area contributed by atoms with Crippen molar-refractivity contribution in [3.63, 3.8) is 0 Å². The van der Waals surface area contributed by atoms with Gasteiger partial charge in [0.15, 0.2) is 0 Å². The van der Waals surface area contributed by atoms with Crippen LogP contribution in [-0.2, 0) is 6.42 Å². The fourth-order valence-corrected chi connectivity index (χ4v) is 2.98. The van der Waals surface area contributed by atoms with Crippen LogP contribution < -0.4 is 0 Å². The molecule has 0 aliphatic rings. The van der Waals surface area contributed by atoms with E-state index in [1.807, 2.05) is 30.8 Å². The van der Waals surface area contributed by atoms with Crippen LogP contribution in [0.4, 0.5) is 0 Å². The van der Waals surface area contributed by atoms with Gasteiger partial charge in [-0.2, -0.15) is 5.10 Å². The van der Waals surface area contributed by atoms with Crippen molar-refractivity contribution in [3.8, 4) is 0 Å². The third-order valence-corrected chi connectivity index (χ3v) is 4.52. The molecule has 2 atom stereocenters. The van der Waals surface area contributed by atoms with Crippen LogP contribution in [0.2, 0.25) is 0 Å². The SMILES string of the molecule is CCC(C)n1ccc(CC(O)c2sc(C)nc2C)n1. The van der Waals surface area contributed by atoms with Gasteiger partial charge in [-0.3, -0.25) is 4.68 Å². The number of thiazole rings is 1. The van der Waals surface area contributed by atoms with Gasteiger partial charge in [-0.25, -0.2) is 4.98 Å². The first-order valence-corrected chi connectivity index (χ1v) is 7.49. The molecule has 2 aromatic heterocycles. The van der Waals surface area contributed by atoms with Crippen LogP contribution in [0.3, 0.4) is 0 Å². The Morgan fingerprint density at radius 2 is 2.16 bits per heavy atom. The molecule has 5 heteroatoms. The summed E-state index contributed by atoms with van der Waals surface area (Å²) in [5.74, 6) is 0. The van der Waals surface area contributed by atoms with Gasteiger partial charge in [0.1, 0.15) is 0 Å². The van der Waals surface area contributed by atoms with E-state index in [4.69, 9.17) is 0 Å². The zero-order valence-electron chi connectivity index (χ0n) is 11.9. The maximum Gasteiger partial charge on any atom is 0.0956 e. The molecule has 4 nitrogen and oxygen atoms in total. The van der Waals surface area contributed by atoms with Crippen LogP contribution >= 0.6 is 11.3 Å². The minimum atomic E-state index is -0.508. The minimum Gasteiger partial charge on any atom is -0.387 e. The van der Waals surface area contributed by atoms with Crippen molar-refractivity contribution in [2.24, 2.45) is 0 Å². The number of hydrogen-bond acceptors (Lipinski definition) is 4. The molecule has 0 fully saturated rings. The highest BCUT2D eigenvalue weighted by Gasteiger charge is 2.17. The van der Waals surface area contributed by atoms with Crippen LogP contribution in [0.5, 0.6) is 0 Å². The highest BCUT2D eigenvalue weighted by Crippen LogP contribution is 2.27. The minimum absolute atomic E-state index is 0.401. The van der Waals surface area contributed by atoms with Crippen LogP contribution in [0.25, 0.3) is 0 Å². The van der Waals surface area contributed by atoms with Crippen LogP contribution in [-0.4, -0.2) is 19.9 Å². The molecular weight excluding hydrogens is 258 g/mol. The zero-order valence-corrected chi connectivity index (χ0v) is 12.7. The molecule has 2 aromatic rings. The van der Waals surface area contributed by atoms with Gasteiger partial charge >= 0.3 is 0 Å². The maximum absolute atomic E-state index is 10.3. The zero-order chi connectivity index (χ0) is 14.0. The summed E-state index contributed by atoms with van der Waals surface area (Å²) in [4.78, 5) is 5.31. The Labute approximate surface area is 118 Å². The van der Waals surface area contributed by atoms with Crippen molar-refractivity contribution in [3.05, 3.63) is 33.5 Å². The van der Waals surface area contributed by atoms with Crippen molar-refractivity contribution >= 4 is 11.3 Å². The number of aliphatic hydroxyl groups is 1. The summed E-state index contributed by atoms with van der Waals surface area (Å²) in [5.41, 5.74) is 1.86. The molecule has 2 heterocycles. The Kier molecular flexibility index (Phi) is 4.37. The van der Waals surface area contributed by atoms with Gasteiger partial charge < -0.3 is 5.11 Å². The second-order valence-corrected chi connectivity index (χ2v) is 6.18. The van der Waals surface area contributed by atoms with E-state index in [0.717, 1.165) is 27.7 Å². The van der Waals surface area contributed by atoms with E-state index in [1.54, 1.807) is 11.3 Å². The number of hydrogen-bond donors (Lipinski definition) is 1. The van der Waals surface area contributed by atoms with Gasteiger partial charge in [-0.05, 0) is 33.3 Å². The summed E-state index contributed by atoms with van der Waals surface area (Å²) in [7, 11) is 0. The number of aromatic nitrogens is 3. The molecule has 0 aliphatic heterocycles. The van der Waals surface area contributed by atoms with E-state index in [0.29, 0.717) is 12.5 Å². The first kappa shape index (κ1) is 14.2. The monoisotopic (exact) mass is 279 g/mol. The van der Waals surface area contributed by atoms with E-state index in [9.17, 15) is 5.11 Å². The Morgan fingerprint density at radius 3 is 2.74 bits per heavy atom. The van der Waals surface area contributed by atoms with Gasteiger partial charge in [0.25, 0.3) is 0 Å². The first-order valence-electron chi connectivity index (χ1n) is 6.67. The molecule has 2 unspecified atom stereocenters. The number of nitrogens with zero attached hydrogens (tertiary/aromatic N) is 3. The normalized spacial score (nSPS) is 14.6. The number of aryl methyl sites for hydroxylation is 2. The molecule has 1 N–H and O–H groups in total.